The van der Waals surface area contributed by atoms with Gasteiger partial charge in [0.1, 0.15) is 11.3 Å². The van der Waals surface area contributed by atoms with Gasteiger partial charge in [0.15, 0.2) is 5.75 Å². The average Bonchev–Trinajstić information content (AvgIpc) is 3.13. The van der Waals surface area contributed by atoms with Gasteiger partial charge in [-0.3, -0.25) is 19.3 Å². The Morgan fingerprint density at radius 2 is 2.03 bits per heavy atom. The summed E-state index contributed by atoms with van der Waals surface area (Å²) in [5, 5.41) is 11.2. The van der Waals surface area contributed by atoms with E-state index in [2.05, 4.69) is 9.71 Å². The number of pyridine rings is 1. The molecule has 1 aliphatic rings. The lowest BCUT2D eigenvalue weighted by molar-refractivity contribution is 0.0756. The Balaban J connectivity index is 1.82. The monoisotopic (exact) mass is 486 g/mol. The number of phenolic OH excluding ortho intramolecular Hbond substituents is 1. The number of fused-ring (bicyclic) bond motifs is 2. The summed E-state index contributed by atoms with van der Waals surface area (Å²) in [6, 6.07) is 6.95. The summed E-state index contributed by atoms with van der Waals surface area (Å²) < 4.78 is 41.2. The highest BCUT2D eigenvalue weighted by molar-refractivity contribution is 7.92. The molecule has 4 rings (SSSR count). The molecule has 3 aromatic rings. The second-order valence-corrected chi connectivity index (χ2v) is 10.2. The molecule has 0 saturated carbocycles. The van der Waals surface area contributed by atoms with E-state index in [1.54, 1.807) is 12.1 Å². The second-order valence-electron chi connectivity index (χ2n) is 8.14. The van der Waals surface area contributed by atoms with Crippen LogP contribution in [0.25, 0.3) is 10.9 Å². The lowest BCUT2D eigenvalue weighted by Crippen LogP contribution is -2.27. The third-order valence-electron chi connectivity index (χ3n) is 5.70. The minimum absolute atomic E-state index is 0.0267. The molecule has 11 heteroatoms. The number of aromatic nitrogens is 1. The van der Waals surface area contributed by atoms with E-state index in [9.17, 15) is 27.5 Å². The van der Waals surface area contributed by atoms with Crippen molar-refractivity contribution in [2.75, 3.05) is 24.6 Å². The number of benzene rings is 2. The van der Waals surface area contributed by atoms with E-state index in [0.717, 1.165) is 6.07 Å². The highest BCUT2D eigenvalue weighted by Gasteiger charge is 2.36. The van der Waals surface area contributed by atoms with Crippen molar-refractivity contribution in [3.63, 3.8) is 0 Å². The Labute approximate surface area is 195 Å². The molecule has 0 radical (unpaired) electrons. The molecule has 0 fully saturated rings. The predicted octanol–water partition coefficient (Wildman–Crippen LogP) is 2.70. The van der Waals surface area contributed by atoms with Gasteiger partial charge in [-0.05, 0) is 36.8 Å². The maximum absolute atomic E-state index is 13.9. The van der Waals surface area contributed by atoms with Crippen LogP contribution in [0.15, 0.2) is 36.5 Å². The van der Waals surface area contributed by atoms with Crippen LogP contribution < -0.4 is 4.72 Å². The van der Waals surface area contributed by atoms with Gasteiger partial charge in [0.05, 0.1) is 17.0 Å². The number of aromatic hydroxyl groups is 1. The molecule has 1 aromatic heterocycles. The Bertz CT molecular complexity index is 1440. The number of rotatable bonds is 6. The number of halogens is 1. The summed E-state index contributed by atoms with van der Waals surface area (Å²) in [5.41, 5.74) is 1.05. The van der Waals surface area contributed by atoms with Crippen LogP contribution in [0.5, 0.6) is 5.75 Å². The summed E-state index contributed by atoms with van der Waals surface area (Å²) >= 11 is 0. The van der Waals surface area contributed by atoms with Gasteiger partial charge in [-0.1, -0.05) is 6.07 Å². The van der Waals surface area contributed by atoms with Crippen LogP contribution in [0.2, 0.25) is 0 Å². The van der Waals surface area contributed by atoms with Crippen LogP contribution >= 0.6 is 0 Å². The highest BCUT2D eigenvalue weighted by Crippen LogP contribution is 2.43. The Kier molecular flexibility index (Phi) is 5.90. The number of amides is 2. The number of anilines is 1. The molecule has 2 heterocycles. The van der Waals surface area contributed by atoms with Gasteiger partial charge in [-0.25, -0.2) is 12.8 Å². The van der Waals surface area contributed by atoms with Crippen LogP contribution in [0, 0.1) is 5.82 Å². The van der Waals surface area contributed by atoms with Gasteiger partial charge in [0.2, 0.25) is 10.0 Å². The van der Waals surface area contributed by atoms with Crippen LogP contribution in [0.4, 0.5) is 10.1 Å². The van der Waals surface area contributed by atoms with Crippen molar-refractivity contribution < 1.29 is 27.5 Å². The van der Waals surface area contributed by atoms with Gasteiger partial charge in [-0.2, -0.15) is 0 Å². The molecule has 0 unspecified atom stereocenters. The lowest BCUT2D eigenvalue weighted by atomic mass is 10.0. The van der Waals surface area contributed by atoms with Crippen molar-refractivity contribution in [2.45, 2.75) is 20.0 Å². The van der Waals surface area contributed by atoms with Crippen molar-refractivity contribution in [3.05, 3.63) is 64.6 Å². The fourth-order valence-electron chi connectivity index (χ4n) is 3.96. The molecular formula is C23H23FN4O5S. The number of carbonyl (C=O) groups is 2. The zero-order valence-corrected chi connectivity index (χ0v) is 19.6. The fraction of sp³-hybridized carbons (Fsp3) is 0.261. The molecule has 1 aliphatic heterocycles. The van der Waals surface area contributed by atoms with Gasteiger partial charge < -0.3 is 14.9 Å². The molecule has 2 aromatic carbocycles. The lowest BCUT2D eigenvalue weighted by Gasteiger charge is -2.20. The Morgan fingerprint density at radius 3 is 2.71 bits per heavy atom. The topological polar surface area (TPSA) is 120 Å². The van der Waals surface area contributed by atoms with Crippen molar-refractivity contribution in [1.29, 1.82) is 0 Å². The number of phenols is 1. The van der Waals surface area contributed by atoms with E-state index in [0.29, 0.717) is 16.5 Å². The van der Waals surface area contributed by atoms with Crippen LogP contribution in [-0.4, -0.2) is 60.0 Å². The van der Waals surface area contributed by atoms with Gasteiger partial charge in [0.25, 0.3) is 11.8 Å². The number of hydrogen-bond donors (Lipinski definition) is 2. The van der Waals surface area contributed by atoms with E-state index in [-0.39, 0.29) is 46.9 Å². The Hall–Kier alpha value is -3.73. The first-order valence-electron chi connectivity index (χ1n) is 10.5. The smallest absolute Gasteiger partial charge is 0.258 e. The van der Waals surface area contributed by atoms with Crippen molar-refractivity contribution in [3.8, 4) is 5.75 Å². The number of carbonyl (C=O) groups excluding carboxylic acids is 2. The largest absolute Gasteiger partial charge is 0.505 e. The van der Waals surface area contributed by atoms with Crippen LogP contribution in [-0.2, 0) is 23.1 Å². The molecular weight excluding hydrogens is 463 g/mol. The van der Waals surface area contributed by atoms with Crippen molar-refractivity contribution in [1.82, 2.24) is 14.8 Å². The predicted molar refractivity (Wildman–Crippen MR) is 124 cm³/mol. The number of hydrogen-bond acceptors (Lipinski definition) is 6. The van der Waals surface area contributed by atoms with Crippen molar-refractivity contribution in [2.24, 2.45) is 0 Å². The molecule has 178 valence electrons. The standard InChI is InChI=1S/C23H23FN4O5S/c1-4-34(32,33)26-19-15-6-5-9-25-20(15)21(29)18-17(19)12-28(23(18)31)11-13-7-8-14(24)10-16(13)22(30)27(2)3/h5-10,26,29H,4,11-12H2,1-3H3. The normalized spacial score (nSPS) is 13.3. The first-order chi connectivity index (χ1) is 16.0. The van der Waals surface area contributed by atoms with Crippen LogP contribution in [0.3, 0.4) is 0 Å². The van der Waals surface area contributed by atoms with Gasteiger partial charge in [-0.15, -0.1) is 0 Å². The number of sulfonamides is 1. The van der Waals surface area contributed by atoms with E-state index < -0.39 is 27.7 Å². The zero-order chi connectivity index (χ0) is 24.8. The molecule has 2 N–H and O–H groups in total. The van der Waals surface area contributed by atoms with E-state index >= 15 is 0 Å². The minimum Gasteiger partial charge on any atom is -0.505 e. The maximum Gasteiger partial charge on any atom is 0.258 e. The summed E-state index contributed by atoms with van der Waals surface area (Å²) in [4.78, 5) is 32.7. The SMILES string of the molecule is CCS(=O)(=O)Nc1c2c(c(O)c3ncccc13)C(=O)N(Cc1ccc(F)cc1C(=O)N(C)C)C2. The van der Waals surface area contributed by atoms with Gasteiger partial charge >= 0.3 is 0 Å². The second kappa shape index (κ2) is 8.56. The number of nitrogens with one attached hydrogen (secondary N) is 1. The first kappa shape index (κ1) is 23.4. The van der Waals surface area contributed by atoms with Crippen LogP contribution in [0.1, 0.15) is 38.8 Å². The summed E-state index contributed by atoms with van der Waals surface area (Å²) in [7, 11) is -0.629. The molecule has 0 atom stereocenters. The molecule has 0 saturated heterocycles. The zero-order valence-electron chi connectivity index (χ0n) is 18.8. The maximum atomic E-state index is 13.9. The summed E-state index contributed by atoms with van der Waals surface area (Å²) in [6.07, 6.45) is 1.43. The quantitative estimate of drug-likeness (QED) is 0.517. The van der Waals surface area contributed by atoms with Crippen molar-refractivity contribution >= 4 is 38.4 Å². The summed E-state index contributed by atoms with van der Waals surface area (Å²) in [5.74, 6) is -2.09. The summed E-state index contributed by atoms with van der Waals surface area (Å²) in [6.45, 7) is 1.41. The molecule has 9 nitrogen and oxygen atoms in total. The molecule has 0 aliphatic carbocycles. The molecule has 2 amide bonds. The molecule has 34 heavy (non-hydrogen) atoms. The number of nitrogens with zero attached hydrogens (tertiary/aromatic N) is 3. The fourth-order valence-corrected chi connectivity index (χ4v) is 4.65. The third-order valence-corrected chi connectivity index (χ3v) is 6.97. The average molecular weight is 487 g/mol. The van der Waals surface area contributed by atoms with Gasteiger partial charge in [0, 0.05) is 49.9 Å². The molecule has 0 bridgehead atoms. The molecule has 0 spiro atoms. The van der Waals surface area contributed by atoms with E-state index in [1.807, 2.05) is 0 Å². The third kappa shape index (κ3) is 4.03. The Morgan fingerprint density at radius 1 is 1.29 bits per heavy atom. The van der Waals surface area contributed by atoms with E-state index in [4.69, 9.17) is 0 Å². The minimum atomic E-state index is -3.71. The first-order valence-corrected chi connectivity index (χ1v) is 12.1. The van der Waals surface area contributed by atoms with E-state index in [1.165, 1.54) is 49.1 Å². The highest BCUT2D eigenvalue weighted by atomic mass is 32.2.